The second kappa shape index (κ2) is 5.06. The van der Waals surface area contributed by atoms with Crippen molar-refractivity contribution in [2.45, 2.75) is 25.8 Å². The molecule has 0 aliphatic carbocycles. The summed E-state index contributed by atoms with van der Waals surface area (Å²) in [7, 11) is 0. The molecule has 3 nitrogen and oxygen atoms in total. The van der Waals surface area contributed by atoms with Crippen LogP contribution in [0.5, 0.6) is 0 Å². The molecule has 2 aromatic rings. The van der Waals surface area contributed by atoms with Crippen LogP contribution in [0.4, 0.5) is 4.39 Å². The fourth-order valence-electron chi connectivity index (χ4n) is 2.65. The van der Waals surface area contributed by atoms with E-state index in [0.717, 1.165) is 40.8 Å². The van der Waals surface area contributed by atoms with Gasteiger partial charge in [-0.3, -0.25) is 5.10 Å². The van der Waals surface area contributed by atoms with Crippen molar-refractivity contribution in [1.29, 1.82) is 0 Å². The smallest absolute Gasteiger partial charge is 0.131 e. The van der Waals surface area contributed by atoms with Gasteiger partial charge in [-0.25, -0.2) is 4.39 Å². The Kier molecular flexibility index (Phi) is 3.41. The molecular formula is C14H15BrFN3. The maximum absolute atomic E-state index is 14.1. The summed E-state index contributed by atoms with van der Waals surface area (Å²) in [5.41, 5.74) is 3.32. The third-order valence-electron chi connectivity index (χ3n) is 3.56. The normalized spacial score (nSPS) is 19.0. The first-order valence-electron chi connectivity index (χ1n) is 6.40. The van der Waals surface area contributed by atoms with Crippen LogP contribution in [0, 0.1) is 12.7 Å². The Morgan fingerprint density at radius 1 is 1.42 bits per heavy atom. The van der Waals surface area contributed by atoms with Crippen LogP contribution >= 0.6 is 15.9 Å². The van der Waals surface area contributed by atoms with E-state index in [1.54, 1.807) is 6.07 Å². The van der Waals surface area contributed by atoms with Gasteiger partial charge in [-0.2, -0.15) is 5.10 Å². The monoisotopic (exact) mass is 323 g/mol. The first kappa shape index (κ1) is 12.8. The van der Waals surface area contributed by atoms with Gasteiger partial charge in [0.05, 0.1) is 11.7 Å². The van der Waals surface area contributed by atoms with E-state index in [1.165, 1.54) is 6.07 Å². The van der Waals surface area contributed by atoms with Crippen LogP contribution in [0.2, 0.25) is 0 Å². The lowest BCUT2D eigenvalue weighted by molar-refractivity contribution is 0.619. The van der Waals surface area contributed by atoms with Gasteiger partial charge in [-0.1, -0.05) is 15.9 Å². The minimum atomic E-state index is -0.216. The minimum Gasteiger partial charge on any atom is -0.309 e. The van der Waals surface area contributed by atoms with E-state index in [1.807, 2.05) is 13.0 Å². The lowest BCUT2D eigenvalue weighted by Gasteiger charge is -2.11. The van der Waals surface area contributed by atoms with Gasteiger partial charge in [0, 0.05) is 21.3 Å². The Morgan fingerprint density at radius 2 is 2.26 bits per heavy atom. The third kappa shape index (κ3) is 2.32. The van der Waals surface area contributed by atoms with Crippen molar-refractivity contribution in [3.63, 3.8) is 0 Å². The fourth-order valence-corrected chi connectivity index (χ4v) is 3.01. The largest absolute Gasteiger partial charge is 0.309 e. The lowest BCUT2D eigenvalue weighted by Crippen LogP contribution is -2.14. The van der Waals surface area contributed by atoms with Crippen LogP contribution in [-0.2, 0) is 0 Å². The van der Waals surface area contributed by atoms with E-state index in [-0.39, 0.29) is 11.9 Å². The van der Waals surface area contributed by atoms with Crippen molar-refractivity contribution in [2.24, 2.45) is 0 Å². The molecule has 0 spiro atoms. The molecule has 100 valence electrons. The molecule has 1 atom stereocenters. The number of rotatable bonds is 2. The topological polar surface area (TPSA) is 40.7 Å². The van der Waals surface area contributed by atoms with Crippen LogP contribution in [0.1, 0.15) is 30.3 Å². The molecule has 1 aromatic carbocycles. The summed E-state index contributed by atoms with van der Waals surface area (Å²) in [5.74, 6) is -0.216. The van der Waals surface area contributed by atoms with Gasteiger partial charge < -0.3 is 5.32 Å². The van der Waals surface area contributed by atoms with E-state index in [0.29, 0.717) is 5.56 Å². The van der Waals surface area contributed by atoms with Crippen molar-refractivity contribution in [2.75, 3.05) is 6.54 Å². The maximum atomic E-state index is 14.1. The van der Waals surface area contributed by atoms with Gasteiger partial charge in [0.1, 0.15) is 5.82 Å². The molecule has 2 heterocycles. The molecule has 0 bridgehead atoms. The number of hydrogen-bond donors (Lipinski definition) is 2. The third-order valence-corrected chi connectivity index (χ3v) is 4.06. The summed E-state index contributed by atoms with van der Waals surface area (Å²) in [5, 5.41) is 10.8. The van der Waals surface area contributed by atoms with Crippen molar-refractivity contribution in [3.8, 4) is 11.1 Å². The van der Waals surface area contributed by atoms with E-state index < -0.39 is 0 Å². The second-order valence-corrected chi connectivity index (χ2v) is 5.80. The zero-order chi connectivity index (χ0) is 13.4. The van der Waals surface area contributed by atoms with Crippen molar-refractivity contribution < 1.29 is 4.39 Å². The van der Waals surface area contributed by atoms with Crippen LogP contribution in [0.25, 0.3) is 11.1 Å². The highest BCUT2D eigenvalue weighted by Crippen LogP contribution is 2.35. The van der Waals surface area contributed by atoms with Crippen molar-refractivity contribution >= 4 is 15.9 Å². The fraction of sp³-hybridized carbons (Fsp3) is 0.357. The average Bonchev–Trinajstić information content (AvgIpc) is 3.01. The molecular weight excluding hydrogens is 309 g/mol. The molecule has 1 aromatic heterocycles. The number of H-pyrrole nitrogens is 1. The highest BCUT2D eigenvalue weighted by molar-refractivity contribution is 9.10. The van der Waals surface area contributed by atoms with E-state index >= 15 is 0 Å². The molecule has 1 aliphatic heterocycles. The zero-order valence-electron chi connectivity index (χ0n) is 10.6. The Bertz CT molecular complexity index is 603. The van der Waals surface area contributed by atoms with E-state index in [2.05, 4.69) is 31.4 Å². The number of aromatic nitrogens is 2. The van der Waals surface area contributed by atoms with Crippen LogP contribution < -0.4 is 5.32 Å². The van der Waals surface area contributed by atoms with Gasteiger partial charge in [-0.15, -0.1) is 0 Å². The first-order valence-corrected chi connectivity index (χ1v) is 7.20. The summed E-state index contributed by atoms with van der Waals surface area (Å²) in [6, 6.07) is 5.23. The Labute approximate surface area is 119 Å². The molecule has 2 N–H and O–H groups in total. The quantitative estimate of drug-likeness (QED) is 0.884. The number of nitrogens with zero attached hydrogens (tertiary/aromatic N) is 1. The maximum Gasteiger partial charge on any atom is 0.131 e. The summed E-state index contributed by atoms with van der Waals surface area (Å²) in [6.45, 7) is 2.93. The number of aryl methyl sites for hydroxylation is 1. The summed E-state index contributed by atoms with van der Waals surface area (Å²) >= 11 is 3.40. The number of aromatic amines is 1. The molecule has 0 saturated carbocycles. The van der Waals surface area contributed by atoms with Crippen molar-refractivity contribution in [3.05, 3.63) is 39.9 Å². The summed E-state index contributed by atoms with van der Waals surface area (Å²) in [4.78, 5) is 0. The molecule has 1 fully saturated rings. The predicted octanol–water partition coefficient (Wildman–Crippen LogP) is 3.71. The SMILES string of the molecule is Cc1[nH]nc(C2CCCN2)c1-c1cc(Br)ccc1F. The van der Waals surface area contributed by atoms with E-state index in [4.69, 9.17) is 0 Å². The molecule has 0 amide bonds. The summed E-state index contributed by atoms with van der Waals surface area (Å²) < 4.78 is 15.0. The van der Waals surface area contributed by atoms with Crippen LogP contribution in [0.15, 0.2) is 22.7 Å². The highest BCUT2D eigenvalue weighted by atomic mass is 79.9. The van der Waals surface area contributed by atoms with Gasteiger partial charge >= 0.3 is 0 Å². The predicted molar refractivity (Wildman–Crippen MR) is 76.4 cm³/mol. The average molecular weight is 324 g/mol. The number of halogens is 2. The Morgan fingerprint density at radius 3 is 3.00 bits per heavy atom. The van der Waals surface area contributed by atoms with Gasteiger partial charge in [-0.05, 0) is 44.5 Å². The zero-order valence-corrected chi connectivity index (χ0v) is 12.2. The highest BCUT2D eigenvalue weighted by Gasteiger charge is 2.25. The molecule has 3 rings (SSSR count). The first-order chi connectivity index (χ1) is 9.16. The lowest BCUT2D eigenvalue weighted by atomic mass is 9.98. The molecule has 1 unspecified atom stereocenters. The van der Waals surface area contributed by atoms with Crippen LogP contribution in [0.3, 0.4) is 0 Å². The van der Waals surface area contributed by atoms with Gasteiger partial charge in [0.2, 0.25) is 0 Å². The summed E-state index contributed by atoms with van der Waals surface area (Å²) in [6.07, 6.45) is 2.18. The van der Waals surface area contributed by atoms with Crippen LogP contribution in [-0.4, -0.2) is 16.7 Å². The molecule has 1 saturated heterocycles. The standard InChI is InChI=1S/C14H15BrFN3/c1-8-13(10-7-9(15)4-5-11(10)16)14(19-18-8)12-3-2-6-17-12/h4-5,7,12,17H,2-3,6H2,1H3,(H,18,19). The molecule has 19 heavy (non-hydrogen) atoms. The van der Waals surface area contributed by atoms with Crippen molar-refractivity contribution in [1.82, 2.24) is 15.5 Å². The Balaban J connectivity index is 2.13. The molecule has 1 aliphatic rings. The Hall–Kier alpha value is -1.20. The number of nitrogens with one attached hydrogen (secondary N) is 2. The number of benzene rings is 1. The molecule has 5 heteroatoms. The number of hydrogen-bond acceptors (Lipinski definition) is 2. The van der Waals surface area contributed by atoms with Gasteiger partial charge in [0.25, 0.3) is 0 Å². The van der Waals surface area contributed by atoms with Gasteiger partial charge in [0.15, 0.2) is 0 Å². The molecule has 0 radical (unpaired) electrons. The van der Waals surface area contributed by atoms with E-state index in [9.17, 15) is 4.39 Å². The second-order valence-electron chi connectivity index (χ2n) is 4.88. The minimum absolute atomic E-state index is 0.216.